The van der Waals surface area contributed by atoms with Crippen LogP contribution in [0.2, 0.25) is 0 Å². The van der Waals surface area contributed by atoms with Crippen LogP contribution in [0.25, 0.3) is 10.9 Å². The number of aromatic nitrogens is 1. The van der Waals surface area contributed by atoms with Crippen LogP contribution < -0.4 is 5.32 Å². The Balaban J connectivity index is 1.61. The number of non-ortho nitro benzene ring substituents is 1. The molecule has 1 spiro atoms. The monoisotopic (exact) mass is 352 g/mol. The summed E-state index contributed by atoms with van der Waals surface area (Å²) in [6.07, 6.45) is 6.53. The van der Waals surface area contributed by atoms with Crippen molar-refractivity contribution in [3.8, 4) is 6.07 Å². The largest absolute Gasteiger partial charge is 0.375 e. The molecular weight excluding hydrogens is 332 g/mol. The van der Waals surface area contributed by atoms with Gasteiger partial charge >= 0.3 is 0 Å². The summed E-state index contributed by atoms with van der Waals surface area (Å²) in [7, 11) is 0. The number of nitrogens with zero attached hydrogens (tertiary/aromatic N) is 3. The molecule has 1 atom stereocenters. The average Bonchev–Trinajstić information content (AvgIpc) is 3.08. The lowest BCUT2D eigenvalue weighted by atomic mass is 9.89. The van der Waals surface area contributed by atoms with Crippen molar-refractivity contribution in [2.24, 2.45) is 0 Å². The van der Waals surface area contributed by atoms with Crippen LogP contribution in [-0.2, 0) is 4.74 Å². The van der Waals surface area contributed by atoms with Gasteiger partial charge in [-0.1, -0.05) is 12.8 Å². The second-order valence-corrected chi connectivity index (χ2v) is 7.20. The molecule has 7 nitrogen and oxygen atoms in total. The topological polar surface area (TPSA) is 101 Å². The maximum atomic E-state index is 11.0. The van der Waals surface area contributed by atoms with E-state index in [0.29, 0.717) is 22.3 Å². The molecule has 2 heterocycles. The number of ether oxygens (including phenoxy) is 1. The molecule has 1 aromatic carbocycles. The maximum absolute atomic E-state index is 11.0. The first-order chi connectivity index (χ1) is 12.6. The molecule has 2 fully saturated rings. The molecule has 1 saturated heterocycles. The molecule has 134 valence electrons. The highest BCUT2D eigenvalue weighted by Gasteiger charge is 2.39. The molecule has 0 radical (unpaired) electrons. The molecule has 0 bridgehead atoms. The highest BCUT2D eigenvalue weighted by atomic mass is 16.6. The highest BCUT2D eigenvalue weighted by molar-refractivity contribution is 5.88. The molecule has 1 N–H and O–H groups in total. The Kier molecular flexibility index (Phi) is 4.21. The summed E-state index contributed by atoms with van der Waals surface area (Å²) in [5.41, 5.74) is 0.943. The molecule has 1 aromatic heterocycles. The van der Waals surface area contributed by atoms with E-state index in [2.05, 4.69) is 16.4 Å². The first kappa shape index (κ1) is 16.7. The Labute approximate surface area is 151 Å². The highest BCUT2D eigenvalue weighted by Crippen LogP contribution is 2.40. The van der Waals surface area contributed by atoms with Gasteiger partial charge in [-0.3, -0.25) is 10.1 Å². The van der Waals surface area contributed by atoms with Crippen molar-refractivity contribution in [2.45, 2.75) is 50.2 Å². The summed E-state index contributed by atoms with van der Waals surface area (Å²) in [6.45, 7) is 0.739. The van der Waals surface area contributed by atoms with E-state index in [-0.39, 0.29) is 17.3 Å². The number of anilines is 1. The summed E-state index contributed by atoms with van der Waals surface area (Å²) in [4.78, 5) is 15.1. The zero-order valence-electron chi connectivity index (χ0n) is 14.4. The fraction of sp³-hybridized carbons (Fsp3) is 0.474. The number of benzene rings is 1. The van der Waals surface area contributed by atoms with Gasteiger partial charge in [-0.05, 0) is 37.8 Å². The lowest BCUT2D eigenvalue weighted by Gasteiger charge is -2.38. The Bertz CT molecular complexity index is 900. The van der Waals surface area contributed by atoms with Crippen LogP contribution in [0.5, 0.6) is 0 Å². The zero-order chi connectivity index (χ0) is 18.1. The fourth-order valence-electron chi connectivity index (χ4n) is 4.22. The smallest absolute Gasteiger partial charge is 0.270 e. The lowest BCUT2D eigenvalue weighted by Crippen LogP contribution is -2.42. The van der Waals surface area contributed by atoms with Crippen molar-refractivity contribution in [2.75, 3.05) is 11.9 Å². The van der Waals surface area contributed by atoms with Crippen molar-refractivity contribution in [3.05, 3.63) is 39.9 Å². The molecule has 7 heteroatoms. The van der Waals surface area contributed by atoms with Gasteiger partial charge in [0.05, 0.1) is 27.7 Å². The second-order valence-electron chi connectivity index (χ2n) is 7.20. The normalized spacial score (nSPS) is 21.6. The van der Waals surface area contributed by atoms with Crippen molar-refractivity contribution in [3.63, 3.8) is 0 Å². The van der Waals surface area contributed by atoms with Crippen molar-refractivity contribution in [1.82, 2.24) is 4.98 Å². The summed E-state index contributed by atoms with van der Waals surface area (Å²) < 4.78 is 6.07. The predicted octanol–water partition coefficient (Wildman–Crippen LogP) is 3.92. The zero-order valence-corrected chi connectivity index (χ0v) is 14.4. The summed E-state index contributed by atoms with van der Waals surface area (Å²) >= 11 is 0. The summed E-state index contributed by atoms with van der Waals surface area (Å²) in [5, 5.41) is 24.4. The average molecular weight is 352 g/mol. The molecule has 1 aliphatic heterocycles. The number of nitrogens with one attached hydrogen (secondary N) is 1. The minimum Gasteiger partial charge on any atom is -0.375 e. The molecule has 4 rings (SSSR count). The molecule has 1 saturated carbocycles. The molecule has 1 aliphatic carbocycles. The van der Waals surface area contributed by atoms with Crippen LogP contribution in [0.15, 0.2) is 24.3 Å². The maximum Gasteiger partial charge on any atom is 0.270 e. The van der Waals surface area contributed by atoms with E-state index in [1.54, 1.807) is 12.1 Å². The minimum absolute atomic E-state index is 0.00539. The summed E-state index contributed by atoms with van der Waals surface area (Å²) in [6, 6.07) is 8.51. The van der Waals surface area contributed by atoms with Crippen LogP contribution in [-0.4, -0.2) is 28.2 Å². The number of rotatable bonds is 3. The minimum atomic E-state index is -0.462. The number of nitro benzene ring substituents is 1. The number of fused-ring (bicyclic) bond motifs is 1. The third-order valence-corrected chi connectivity index (χ3v) is 5.48. The van der Waals surface area contributed by atoms with E-state index in [9.17, 15) is 15.4 Å². The van der Waals surface area contributed by atoms with E-state index >= 15 is 0 Å². The van der Waals surface area contributed by atoms with Gasteiger partial charge in [0.1, 0.15) is 5.82 Å². The Morgan fingerprint density at radius 2 is 2.15 bits per heavy atom. The van der Waals surface area contributed by atoms with E-state index in [1.165, 1.54) is 25.0 Å². The number of hydrogen-bond donors (Lipinski definition) is 1. The van der Waals surface area contributed by atoms with Crippen LogP contribution in [0.1, 0.15) is 44.1 Å². The third-order valence-electron chi connectivity index (χ3n) is 5.48. The van der Waals surface area contributed by atoms with E-state index in [1.807, 2.05) is 0 Å². The fourth-order valence-corrected chi connectivity index (χ4v) is 4.22. The van der Waals surface area contributed by atoms with Gasteiger partial charge in [0.15, 0.2) is 0 Å². The Hall–Kier alpha value is -2.72. The van der Waals surface area contributed by atoms with Crippen LogP contribution in [0.4, 0.5) is 11.5 Å². The predicted molar refractivity (Wildman–Crippen MR) is 96.9 cm³/mol. The Morgan fingerprint density at radius 1 is 1.35 bits per heavy atom. The molecule has 1 unspecified atom stereocenters. The Morgan fingerprint density at radius 3 is 2.88 bits per heavy atom. The van der Waals surface area contributed by atoms with Crippen LogP contribution in [0, 0.1) is 21.4 Å². The first-order valence-electron chi connectivity index (χ1n) is 8.98. The van der Waals surface area contributed by atoms with Gasteiger partial charge in [-0.2, -0.15) is 5.26 Å². The van der Waals surface area contributed by atoms with Crippen molar-refractivity contribution >= 4 is 22.4 Å². The van der Waals surface area contributed by atoms with E-state index in [4.69, 9.17) is 4.74 Å². The van der Waals surface area contributed by atoms with Gasteiger partial charge < -0.3 is 10.1 Å². The number of pyridine rings is 1. The van der Waals surface area contributed by atoms with Crippen LogP contribution >= 0.6 is 0 Å². The number of nitriles is 1. The molecule has 2 aromatic rings. The number of hydrogen-bond acceptors (Lipinski definition) is 6. The molecular formula is C19H20N4O3. The molecule has 26 heavy (non-hydrogen) atoms. The van der Waals surface area contributed by atoms with Gasteiger partial charge in [-0.25, -0.2) is 4.98 Å². The SMILES string of the molecule is N#Cc1cc(NC2CCOC3(CCCC3)C2)nc2ccc([N+](=O)[O-])cc12. The third kappa shape index (κ3) is 3.08. The van der Waals surface area contributed by atoms with E-state index < -0.39 is 4.92 Å². The number of nitro groups is 1. The van der Waals surface area contributed by atoms with E-state index in [0.717, 1.165) is 32.3 Å². The first-order valence-corrected chi connectivity index (χ1v) is 8.98. The lowest BCUT2D eigenvalue weighted by molar-refractivity contribution is -0.384. The summed E-state index contributed by atoms with van der Waals surface area (Å²) in [5.74, 6) is 0.642. The van der Waals surface area contributed by atoms with Gasteiger partial charge in [-0.15, -0.1) is 0 Å². The standard InChI is InChI=1S/C19H20N4O3/c20-12-13-9-18(22-17-4-3-15(23(24)25)10-16(13)17)21-14-5-8-26-19(11-14)6-1-2-7-19/h3-4,9-10,14H,1-2,5-8,11H2,(H,21,22). The van der Waals surface area contributed by atoms with Gasteiger partial charge in [0.25, 0.3) is 5.69 Å². The quantitative estimate of drug-likeness (QED) is 0.663. The van der Waals surface area contributed by atoms with Crippen molar-refractivity contribution in [1.29, 1.82) is 5.26 Å². The van der Waals surface area contributed by atoms with Gasteiger partial charge in [0, 0.05) is 30.2 Å². The van der Waals surface area contributed by atoms with Crippen molar-refractivity contribution < 1.29 is 9.66 Å². The molecule has 0 amide bonds. The van der Waals surface area contributed by atoms with Gasteiger partial charge in [0.2, 0.25) is 0 Å². The molecule has 2 aliphatic rings. The second kappa shape index (κ2) is 6.54. The van der Waals surface area contributed by atoms with Crippen LogP contribution in [0.3, 0.4) is 0 Å².